The largest absolute Gasteiger partial charge is 0.344 e. The maximum absolute atomic E-state index is 12.4. The molecule has 0 aromatic heterocycles. The van der Waals surface area contributed by atoms with Crippen molar-refractivity contribution >= 4 is 29.1 Å². The van der Waals surface area contributed by atoms with Crippen LogP contribution >= 0.6 is 11.6 Å². The van der Waals surface area contributed by atoms with Crippen LogP contribution in [0.2, 0.25) is 5.02 Å². The second kappa shape index (κ2) is 8.99. The van der Waals surface area contributed by atoms with Gasteiger partial charge in [-0.2, -0.15) is 5.10 Å². The van der Waals surface area contributed by atoms with E-state index in [-0.39, 0.29) is 11.8 Å². The number of carbonyl (C=O) groups is 2. The summed E-state index contributed by atoms with van der Waals surface area (Å²) < 4.78 is 0. The lowest BCUT2D eigenvalue weighted by molar-refractivity contribution is -0.128. The minimum Gasteiger partial charge on any atom is -0.344 e. The van der Waals surface area contributed by atoms with Gasteiger partial charge in [-0.3, -0.25) is 9.59 Å². The molecule has 0 fully saturated rings. The summed E-state index contributed by atoms with van der Waals surface area (Å²) in [6, 6.07) is 16.0. The average Bonchev–Trinajstić information content (AvgIpc) is 2.59. The van der Waals surface area contributed by atoms with Crippen LogP contribution in [0.4, 0.5) is 0 Å². The van der Waals surface area contributed by atoms with E-state index in [0.717, 1.165) is 11.1 Å². The van der Waals surface area contributed by atoms with Crippen LogP contribution in [0.3, 0.4) is 0 Å². The number of nitrogens with one attached hydrogen (secondary N) is 2. The van der Waals surface area contributed by atoms with Crippen molar-refractivity contribution in [3.05, 3.63) is 70.7 Å². The number of hydrogen-bond acceptors (Lipinski definition) is 3. The fraction of sp³-hybridized carbons (Fsp3) is 0.211. The maximum Gasteiger partial charge on any atom is 0.262 e. The highest BCUT2D eigenvalue weighted by molar-refractivity contribution is 6.34. The van der Waals surface area contributed by atoms with Crippen molar-refractivity contribution in [2.75, 3.05) is 0 Å². The Morgan fingerprint density at radius 1 is 1.04 bits per heavy atom. The zero-order chi connectivity index (χ0) is 18.2. The standard InChI is InChI=1S/C19H20ClN3O2/c1-13(16-10-6-7-11-17(16)20)22-23-19(25)18(21-14(2)24)12-15-8-4-3-5-9-15/h3-11,18H,12H2,1-2H3,(H,21,24)(H,23,25)/b22-13+/t18-/m0/s1. The van der Waals surface area contributed by atoms with Crippen molar-refractivity contribution in [3.8, 4) is 0 Å². The van der Waals surface area contributed by atoms with Crippen LogP contribution in [-0.4, -0.2) is 23.6 Å². The summed E-state index contributed by atoms with van der Waals surface area (Å²) in [5.41, 5.74) is 4.78. The zero-order valence-electron chi connectivity index (χ0n) is 14.1. The Morgan fingerprint density at radius 3 is 2.32 bits per heavy atom. The van der Waals surface area contributed by atoms with E-state index < -0.39 is 6.04 Å². The van der Waals surface area contributed by atoms with Crippen molar-refractivity contribution in [1.82, 2.24) is 10.7 Å². The monoisotopic (exact) mass is 357 g/mol. The molecule has 0 spiro atoms. The summed E-state index contributed by atoms with van der Waals surface area (Å²) in [7, 11) is 0. The Bertz CT molecular complexity index is 775. The summed E-state index contributed by atoms with van der Waals surface area (Å²) in [6.07, 6.45) is 0.382. The summed E-state index contributed by atoms with van der Waals surface area (Å²) in [4.78, 5) is 23.8. The average molecular weight is 358 g/mol. The second-order valence-electron chi connectivity index (χ2n) is 5.60. The Kier molecular flexibility index (Phi) is 6.71. The molecular formula is C19H20ClN3O2. The Morgan fingerprint density at radius 2 is 1.68 bits per heavy atom. The fourth-order valence-corrected chi connectivity index (χ4v) is 2.61. The summed E-state index contributed by atoms with van der Waals surface area (Å²) in [6.45, 7) is 3.13. The highest BCUT2D eigenvalue weighted by atomic mass is 35.5. The molecule has 130 valence electrons. The van der Waals surface area contributed by atoms with E-state index in [1.165, 1.54) is 6.92 Å². The van der Waals surface area contributed by atoms with Gasteiger partial charge in [0.2, 0.25) is 5.91 Å². The van der Waals surface area contributed by atoms with Gasteiger partial charge in [-0.1, -0.05) is 60.1 Å². The van der Waals surface area contributed by atoms with Crippen LogP contribution in [0, 0.1) is 0 Å². The number of nitrogens with zero attached hydrogens (tertiary/aromatic N) is 1. The van der Waals surface area contributed by atoms with Crippen molar-refractivity contribution < 1.29 is 9.59 Å². The van der Waals surface area contributed by atoms with Crippen LogP contribution in [0.1, 0.15) is 25.0 Å². The van der Waals surface area contributed by atoms with Gasteiger partial charge in [-0.25, -0.2) is 5.43 Å². The minimum absolute atomic E-state index is 0.275. The first-order chi connectivity index (χ1) is 12.0. The summed E-state index contributed by atoms with van der Waals surface area (Å²) in [5, 5.41) is 7.32. The second-order valence-corrected chi connectivity index (χ2v) is 6.00. The topological polar surface area (TPSA) is 70.6 Å². The van der Waals surface area contributed by atoms with Gasteiger partial charge in [0, 0.05) is 23.9 Å². The Labute approximate surface area is 152 Å². The van der Waals surface area contributed by atoms with Crippen LogP contribution in [0.15, 0.2) is 59.7 Å². The summed E-state index contributed by atoms with van der Waals surface area (Å²) in [5.74, 6) is -0.659. The first-order valence-electron chi connectivity index (χ1n) is 7.87. The molecule has 0 aliphatic rings. The molecule has 2 rings (SSSR count). The molecule has 2 N–H and O–H groups in total. The number of hydrazone groups is 1. The van der Waals surface area contributed by atoms with Crippen molar-refractivity contribution in [3.63, 3.8) is 0 Å². The predicted molar refractivity (Wildman–Crippen MR) is 99.6 cm³/mol. The van der Waals surface area contributed by atoms with Gasteiger partial charge >= 0.3 is 0 Å². The molecule has 0 aliphatic carbocycles. The van der Waals surface area contributed by atoms with Gasteiger partial charge in [-0.15, -0.1) is 0 Å². The number of benzene rings is 2. The van der Waals surface area contributed by atoms with Gasteiger partial charge in [0.15, 0.2) is 0 Å². The smallest absolute Gasteiger partial charge is 0.262 e. The zero-order valence-corrected chi connectivity index (χ0v) is 14.9. The molecular weight excluding hydrogens is 338 g/mol. The molecule has 25 heavy (non-hydrogen) atoms. The van der Waals surface area contributed by atoms with Crippen molar-refractivity contribution in [1.29, 1.82) is 0 Å². The van der Waals surface area contributed by atoms with Gasteiger partial charge in [-0.05, 0) is 18.6 Å². The van der Waals surface area contributed by atoms with E-state index in [4.69, 9.17) is 11.6 Å². The third-order valence-corrected chi connectivity index (χ3v) is 3.90. The lowest BCUT2D eigenvalue weighted by Gasteiger charge is -2.16. The number of rotatable bonds is 6. The highest BCUT2D eigenvalue weighted by Crippen LogP contribution is 2.15. The number of amides is 2. The molecule has 0 saturated carbocycles. The third-order valence-electron chi connectivity index (χ3n) is 3.57. The van der Waals surface area contributed by atoms with E-state index in [1.807, 2.05) is 48.5 Å². The lowest BCUT2D eigenvalue weighted by atomic mass is 10.1. The molecule has 0 bridgehead atoms. The molecule has 0 saturated heterocycles. The number of halogens is 1. The van der Waals surface area contributed by atoms with Crippen LogP contribution in [0.5, 0.6) is 0 Å². The van der Waals surface area contributed by atoms with E-state index in [2.05, 4.69) is 15.8 Å². The van der Waals surface area contributed by atoms with E-state index in [1.54, 1.807) is 13.0 Å². The minimum atomic E-state index is -0.706. The number of hydrogen-bond donors (Lipinski definition) is 2. The first kappa shape index (κ1) is 18.7. The van der Waals surface area contributed by atoms with Crippen LogP contribution < -0.4 is 10.7 Å². The maximum atomic E-state index is 12.4. The predicted octanol–water partition coefficient (Wildman–Crippen LogP) is 2.93. The van der Waals surface area contributed by atoms with Gasteiger partial charge in [0.05, 0.1) is 5.71 Å². The van der Waals surface area contributed by atoms with Gasteiger partial charge < -0.3 is 5.32 Å². The fourth-order valence-electron chi connectivity index (χ4n) is 2.34. The SMILES string of the molecule is CC(=O)N[C@@H](Cc1ccccc1)C(=O)N/N=C(\C)c1ccccc1Cl. The highest BCUT2D eigenvalue weighted by Gasteiger charge is 2.19. The Balaban J connectivity index is 2.10. The molecule has 2 aromatic rings. The van der Waals surface area contributed by atoms with E-state index in [0.29, 0.717) is 17.2 Å². The molecule has 0 unspecified atom stereocenters. The van der Waals surface area contributed by atoms with E-state index >= 15 is 0 Å². The van der Waals surface area contributed by atoms with Crippen LogP contribution in [0.25, 0.3) is 0 Å². The van der Waals surface area contributed by atoms with Gasteiger partial charge in [0.25, 0.3) is 5.91 Å². The quantitative estimate of drug-likeness (QED) is 0.616. The molecule has 1 atom stereocenters. The lowest BCUT2D eigenvalue weighted by Crippen LogP contribution is -2.46. The van der Waals surface area contributed by atoms with E-state index in [9.17, 15) is 9.59 Å². The molecule has 0 aliphatic heterocycles. The molecule has 0 heterocycles. The molecule has 5 nitrogen and oxygen atoms in total. The molecule has 2 amide bonds. The molecule has 0 radical (unpaired) electrons. The van der Waals surface area contributed by atoms with Gasteiger partial charge in [0.1, 0.15) is 6.04 Å². The molecule has 6 heteroatoms. The van der Waals surface area contributed by atoms with Crippen LogP contribution in [-0.2, 0) is 16.0 Å². The Hall–Kier alpha value is -2.66. The van der Waals surface area contributed by atoms with Crippen molar-refractivity contribution in [2.45, 2.75) is 26.3 Å². The summed E-state index contributed by atoms with van der Waals surface area (Å²) >= 11 is 6.12. The molecule has 2 aromatic carbocycles. The first-order valence-corrected chi connectivity index (χ1v) is 8.25. The third kappa shape index (κ3) is 5.72. The van der Waals surface area contributed by atoms with Crippen molar-refractivity contribution in [2.24, 2.45) is 5.10 Å². The normalized spacial score (nSPS) is 12.4. The number of carbonyl (C=O) groups excluding carboxylic acids is 2.